The number of aliphatic hydroxyl groups is 1. The Morgan fingerprint density at radius 1 is 1.39 bits per heavy atom. The molecule has 1 atom stereocenters. The molecule has 0 radical (unpaired) electrons. The predicted molar refractivity (Wildman–Crippen MR) is 75.1 cm³/mol. The summed E-state index contributed by atoms with van der Waals surface area (Å²) in [5.41, 5.74) is 1.89. The molecule has 5 heteroatoms. The predicted octanol–water partition coefficient (Wildman–Crippen LogP) is 3.21. The summed E-state index contributed by atoms with van der Waals surface area (Å²) < 4.78 is 1.61. The van der Waals surface area contributed by atoms with Crippen molar-refractivity contribution >= 4 is 23.4 Å². The highest BCUT2D eigenvalue weighted by molar-refractivity contribution is 7.99. The van der Waals surface area contributed by atoms with Crippen LogP contribution in [0.15, 0.2) is 35.4 Å². The zero-order valence-corrected chi connectivity index (χ0v) is 11.9. The number of aliphatic hydroxyl groups excluding tert-OH is 1. The Kier molecular flexibility index (Phi) is 4.32. The molecule has 96 valence electrons. The third-order valence-corrected chi connectivity index (χ3v) is 4.06. The van der Waals surface area contributed by atoms with Crippen molar-refractivity contribution in [3.05, 3.63) is 46.7 Å². The number of nitrogens with zero attached hydrogens (tertiary/aromatic N) is 2. The molecule has 0 bridgehead atoms. The number of hydrogen-bond donors (Lipinski definition) is 1. The van der Waals surface area contributed by atoms with Crippen LogP contribution >= 0.6 is 23.4 Å². The molecular weight excluding hydrogens is 268 g/mol. The molecule has 1 aromatic carbocycles. The molecule has 0 aliphatic rings. The summed E-state index contributed by atoms with van der Waals surface area (Å²) in [6.45, 7) is 2.05. The molecule has 0 saturated heterocycles. The maximum absolute atomic E-state index is 10.1. The van der Waals surface area contributed by atoms with Crippen molar-refractivity contribution in [1.29, 1.82) is 0 Å². The van der Waals surface area contributed by atoms with Gasteiger partial charge in [-0.05, 0) is 19.1 Å². The number of aromatic nitrogens is 2. The molecule has 0 spiro atoms. The van der Waals surface area contributed by atoms with Crippen molar-refractivity contribution in [2.75, 3.05) is 5.75 Å². The van der Waals surface area contributed by atoms with E-state index in [9.17, 15) is 5.11 Å². The molecule has 2 aromatic rings. The number of hydrogen-bond acceptors (Lipinski definition) is 3. The maximum Gasteiger partial charge on any atom is 0.106 e. The Morgan fingerprint density at radius 3 is 2.61 bits per heavy atom. The molecule has 18 heavy (non-hydrogen) atoms. The van der Waals surface area contributed by atoms with Gasteiger partial charge in [0, 0.05) is 17.7 Å². The molecule has 1 heterocycles. The standard InChI is InChI=1S/C13H15ClN2OS/c1-9-3-5-10(6-4-9)18-8-12(17)13-11(14)7-15-16(13)2/h3-7,12,17H,8H2,1-2H3. The second kappa shape index (κ2) is 5.78. The molecule has 0 amide bonds. The highest BCUT2D eigenvalue weighted by Gasteiger charge is 2.16. The minimum atomic E-state index is -0.615. The smallest absolute Gasteiger partial charge is 0.106 e. The van der Waals surface area contributed by atoms with Gasteiger partial charge in [-0.25, -0.2) is 0 Å². The Labute approximate surface area is 116 Å². The Balaban J connectivity index is 2.00. The maximum atomic E-state index is 10.1. The quantitative estimate of drug-likeness (QED) is 0.875. The molecule has 0 saturated carbocycles. The lowest BCUT2D eigenvalue weighted by Gasteiger charge is -2.11. The van der Waals surface area contributed by atoms with Crippen LogP contribution in [0.2, 0.25) is 5.02 Å². The molecule has 0 aliphatic carbocycles. The Hall–Kier alpha value is -0.970. The van der Waals surface area contributed by atoms with Gasteiger partial charge >= 0.3 is 0 Å². The average Bonchev–Trinajstić information content (AvgIpc) is 2.68. The Morgan fingerprint density at radius 2 is 2.06 bits per heavy atom. The average molecular weight is 283 g/mol. The number of aryl methyl sites for hydroxylation is 2. The molecule has 0 fully saturated rings. The summed E-state index contributed by atoms with van der Waals surface area (Å²) in [5.74, 6) is 0.558. The van der Waals surface area contributed by atoms with E-state index in [4.69, 9.17) is 11.6 Å². The van der Waals surface area contributed by atoms with E-state index in [0.717, 1.165) is 4.90 Å². The van der Waals surface area contributed by atoms with Crippen LogP contribution in [0.1, 0.15) is 17.4 Å². The molecule has 1 aromatic heterocycles. The van der Waals surface area contributed by atoms with Crippen LogP contribution in [0, 0.1) is 6.92 Å². The summed E-state index contributed by atoms with van der Waals surface area (Å²) in [4.78, 5) is 1.14. The van der Waals surface area contributed by atoms with Crippen LogP contribution in [0.3, 0.4) is 0 Å². The first-order chi connectivity index (χ1) is 8.58. The van der Waals surface area contributed by atoms with Gasteiger partial charge in [0.2, 0.25) is 0 Å². The summed E-state index contributed by atoms with van der Waals surface area (Å²) >= 11 is 7.59. The van der Waals surface area contributed by atoms with Crippen molar-refractivity contribution in [1.82, 2.24) is 9.78 Å². The van der Waals surface area contributed by atoms with Crippen molar-refractivity contribution in [3.63, 3.8) is 0 Å². The monoisotopic (exact) mass is 282 g/mol. The van der Waals surface area contributed by atoms with Crippen LogP contribution in [-0.4, -0.2) is 20.6 Å². The van der Waals surface area contributed by atoms with Crippen molar-refractivity contribution in [2.45, 2.75) is 17.9 Å². The zero-order chi connectivity index (χ0) is 13.1. The van der Waals surface area contributed by atoms with Crippen LogP contribution in [-0.2, 0) is 7.05 Å². The van der Waals surface area contributed by atoms with Crippen LogP contribution in [0.5, 0.6) is 0 Å². The lowest BCUT2D eigenvalue weighted by Crippen LogP contribution is -2.08. The first-order valence-corrected chi connectivity index (χ1v) is 6.99. The van der Waals surface area contributed by atoms with E-state index in [1.54, 1.807) is 29.7 Å². The first kappa shape index (κ1) is 13.5. The fraction of sp³-hybridized carbons (Fsp3) is 0.308. The number of thioether (sulfide) groups is 1. The van der Waals surface area contributed by atoms with Gasteiger partial charge in [-0.2, -0.15) is 5.10 Å². The second-order valence-electron chi connectivity index (χ2n) is 4.14. The van der Waals surface area contributed by atoms with Gasteiger partial charge in [0.1, 0.15) is 6.10 Å². The number of halogens is 1. The fourth-order valence-corrected chi connectivity index (χ4v) is 2.81. The van der Waals surface area contributed by atoms with E-state index in [0.29, 0.717) is 16.5 Å². The van der Waals surface area contributed by atoms with Crippen LogP contribution in [0.4, 0.5) is 0 Å². The van der Waals surface area contributed by atoms with Gasteiger partial charge in [-0.15, -0.1) is 11.8 Å². The second-order valence-corrected chi connectivity index (χ2v) is 5.64. The molecular formula is C13H15ClN2OS. The summed E-state index contributed by atoms with van der Waals surface area (Å²) in [6, 6.07) is 8.23. The normalized spacial score (nSPS) is 12.7. The minimum absolute atomic E-state index is 0.509. The van der Waals surface area contributed by atoms with E-state index >= 15 is 0 Å². The van der Waals surface area contributed by atoms with E-state index in [2.05, 4.69) is 36.3 Å². The molecule has 1 unspecified atom stereocenters. The highest BCUT2D eigenvalue weighted by Crippen LogP contribution is 2.28. The van der Waals surface area contributed by atoms with Gasteiger partial charge in [-0.1, -0.05) is 29.3 Å². The van der Waals surface area contributed by atoms with E-state index in [1.807, 2.05) is 0 Å². The van der Waals surface area contributed by atoms with Gasteiger partial charge in [0.25, 0.3) is 0 Å². The third-order valence-electron chi connectivity index (χ3n) is 2.68. The zero-order valence-electron chi connectivity index (χ0n) is 10.3. The van der Waals surface area contributed by atoms with Gasteiger partial charge < -0.3 is 5.11 Å². The largest absolute Gasteiger partial charge is 0.386 e. The van der Waals surface area contributed by atoms with Gasteiger partial charge in [-0.3, -0.25) is 4.68 Å². The molecule has 2 rings (SSSR count). The topological polar surface area (TPSA) is 38.1 Å². The lowest BCUT2D eigenvalue weighted by molar-refractivity contribution is 0.194. The molecule has 0 aliphatic heterocycles. The summed E-state index contributed by atoms with van der Waals surface area (Å²) in [6.07, 6.45) is 0.938. The van der Waals surface area contributed by atoms with E-state index in [1.165, 1.54) is 5.56 Å². The van der Waals surface area contributed by atoms with Crippen LogP contribution < -0.4 is 0 Å². The van der Waals surface area contributed by atoms with E-state index in [-0.39, 0.29) is 0 Å². The SMILES string of the molecule is Cc1ccc(SCC(O)c2c(Cl)cnn2C)cc1. The molecule has 1 N–H and O–H groups in total. The number of rotatable bonds is 4. The summed E-state index contributed by atoms with van der Waals surface area (Å²) in [5, 5.41) is 14.6. The van der Waals surface area contributed by atoms with Crippen molar-refractivity contribution in [2.24, 2.45) is 7.05 Å². The minimum Gasteiger partial charge on any atom is -0.386 e. The Bertz CT molecular complexity index is 505. The van der Waals surface area contributed by atoms with Crippen LogP contribution in [0.25, 0.3) is 0 Å². The van der Waals surface area contributed by atoms with Crippen molar-refractivity contribution in [3.8, 4) is 0 Å². The van der Waals surface area contributed by atoms with Gasteiger partial charge in [0.15, 0.2) is 0 Å². The highest BCUT2D eigenvalue weighted by atomic mass is 35.5. The number of benzene rings is 1. The van der Waals surface area contributed by atoms with E-state index < -0.39 is 6.10 Å². The third kappa shape index (κ3) is 3.07. The first-order valence-electron chi connectivity index (χ1n) is 5.63. The molecule has 3 nitrogen and oxygen atoms in total. The van der Waals surface area contributed by atoms with Crippen molar-refractivity contribution < 1.29 is 5.11 Å². The van der Waals surface area contributed by atoms with Gasteiger partial charge in [0.05, 0.1) is 16.9 Å². The fourth-order valence-electron chi connectivity index (χ4n) is 1.68. The summed E-state index contributed by atoms with van der Waals surface area (Å²) in [7, 11) is 1.78. The lowest BCUT2D eigenvalue weighted by atomic mass is 10.2.